The molecule has 0 heterocycles. The second kappa shape index (κ2) is 16.3. The molecule has 0 N–H and O–H groups in total. The predicted octanol–water partition coefficient (Wildman–Crippen LogP) is 7.77. The number of ether oxygens (including phenoxy) is 2. The van der Waals surface area contributed by atoms with Crippen LogP contribution < -0.4 is 0 Å². The maximum atomic E-state index is 6.57. The van der Waals surface area contributed by atoms with E-state index >= 15 is 0 Å². The summed E-state index contributed by atoms with van der Waals surface area (Å²) in [5.41, 5.74) is 1.17. The average molecular weight is 409 g/mol. The van der Waals surface area contributed by atoms with E-state index in [2.05, 4.69) is 63.7 Å². The molecular formula is C25H44O2S. The smallest absolute Gasteiger partial charge is 0.197 e. The molecule has 3 heteroatoms. The lowest BCUT2D eigenvalue weighted by molar-refractivity contribution is -0.281. The fourth-order valence-corrected chi connectivity index (χ4v) is 4.07. The molecule has 0 spiro atoms. The van der Waals surface area contributed by atoms with E-state index in [1.54, 1.807) is 0 Å². The molecule has 0 amide bonds. The highest BCUT2D eigenvalue weighted by atomic mass is 32.1. The fraction of sp³-hybridized carbons (Fsp3) is 0.760. The van der Waals surface area contributed by atoms with Gasteiger partial charge in [-0.3, -0.25) is 0 Å². The molecule has 162 valence electrons. The molecule has 0 fully saturated rings. The largest absolute Gasteiger partial charge is 0.346 e. The molecule has 0 saturated heterocycles. The molecule has 1 aromatic rings. The van der Waals surface area contributed by atoms with Gasteiger partial charge in [-0.15, -0.1) is 0 Å². The quantitative estimate of drug-likeness (QED) is 0.152. The van der Waals surface area contributed by atoms with Crippen LogP contribution in [0.2, 0.25) is 0 Å². The molecule has 1 atom stereocenters. The van der Waals surface area contributed by atoms with Crippen LogP contribution in [0.3, 0.4) is 0 Å². The Balaban J connectivity index is 3.01. The van der Waals surface area contributed by atoms with Crippen molar-refractivity contribution in [3.63, 3.8) is 0 Å². The number of benzene rings is 1. The van der Waals surface area contributed by atoms with Crippen LogP contribution in [-0.2, 0) is 15.3 Å². The second-order valence-electron chi connectivity index (χ2n) is 7.85. The predicted molar refractivity (Wildman–Crippen MR) is 125 cm³/mol. The molecule has 0 aliphatic heterocycles. The molecule has 28 heavy (non-hydrogen) atoms. The zero-order valence-corrected chi connectivity index (χ0v) is 19.5. The maximum Gasteiger partial charge on any atom is 0.197 e. The molecule has 1 unspecified atom stereocenters. The van der Waals surface area contributed by atoms with Gasteiger partial charge >= 0.3 is 0 Å². The van der Waals surface area contributed by atoms with Crippen molar-refractivity contribution in [1.82, 2.24) is 0 Å². The Hall–Kier alpha value is -0.510. The van der Waals surface area contributed by atoms with Gasteiger partial charge in [0.1, 0.15) is 0 Å². The Labute approximate surface area is 180 Å². The second-order valence-corrected chi connectivity index (χ2v) is 8.30. The molecule has 1 rings (SSSR count). The summed E-state index contributed by atoms with van der Waals surface area (Å²) in [6, 6.07) is 10.6. The first-order valence-corrected chi connectivity index (χ1v) is 12.3. The van der Waals surface area contributed by atoms with Gasteiger partial charge < -0.3 is 9.47 Å². The van der Waals surface area contributed by atoms with E-state index in [0.29, 0.717) is 5.92 Å². The number of hydrogen-bond donors (Lipinski definition) is 1. The van der Waals surface area contributed by atoms with E-state index in [1.165, 1.54) is 44.1 Å². The molecule has 0 aromatic heterocycles. The van der Waals surface area contributed by atoms with Crippen LogP contribution in [-0.4, -0.2) is 19.0 Å². The summed E-state index contributed by atoms with van der Waals surface area (Å²) in [5, 5.41) is 0. The van der Waals surface area contributed by atoms with Gasteiger partial charge in [-0.25, -0.2) is 0 Å². The van der Waals surface area contributed by atoms with E-state index in [9.17, 15) is 0 Å². The van der Waals surface area contributed by atoms with Gasteiger partial charge in [-0.05, 0) is 37.9 Å². The summed E-state index contributed by atoms with van der Waals surface area (Å²) < 4.78 is 13.1. The van der Waals surface area contributed by atoms with Gasteiger partial charge in [-0.2, -0.15) is 12.6 Å². The Bertz CT molecular complexity index is 455. The standard InChI is InChI=1S/C25H44O2S/c1-4-7-8-9-10-12-16-24(19-15-22-28)25(26-20-5-2,27-21-6-3)23-17-13-11-14-18-23/h11,13-14,17-18,24,28H,4-10,12,15-16,19-22H2,1-3H3. The van der Waals surface area contributed by atoms with Crippen molar-refractivity contribution >= 4 is 12.6 Å². The molecule has 2 nitrogen and oxygen atoms in total. The molecule has 1 aromatic carbocycles. The van der Waals surface area contributed by atoms with Crippen molar-refractivity contribution < 1.29 is 9.47 Å². The molecular weight excluding hydrogens is 364 g/mol. The van der Waals surface area contributed by atoms with Crippen LogP contribution in [0.25, 0.3) is 0 Å². The van der Waals surface area contributed by atoms with E-state index in [4.69, 9.17) is 9.47 Å². The van der Waals surface area contributed by atoms with E-state index in [-0.39, 0.29) is 0 Å². The van der Waals surface area contributed by atoms with Gasteiger partial charge in [0.05, 0.1) is 13.2 Å². The van der Waals surface area contributed by atoms with Crippen molar-refractivity contribution in [2.24, 2.45) is 5.92 Å². The summed E-state index contributed by atoms with van der Waals surface area (Å²) in [6.07, 6.45) is 13.3. The van der Waals surface area contributed by atoms with E-state index in [0.717, 1.165) is 51.1 Å². The molecule has 0 bridgehead atoms. The third-order valence-corrected chi connectivity index (χ3v) is 5.69. The summed E-state index contributed by atoms with van der Waals surface area (Å²) in [7, 11) is 0. The number of rotatable bonds is 18. The number of thiol groups is 1. The Morgan fingerprint density at radius 2 is 1.32 bits per heavy atom. The first kappa shape index (κ1) is 25.5. The van der Waals surface area contributed by atoms with Crippen LogP contribution in [0, 0.1) is 5.92 Å². The number of hydrogen-bond acceptors (Lipinski definition) is 3. The molecule has 0 aliphatic carbocycles. The summed E-state index contributed by atoms with van der Waals surface area (Å²) in [4.78, 5) is 0. The average Bonchev–Trinajstić information content (AvgIpc) is 2.74. The van der Waals surface area contributed by atoms with Crippen molar-refractivity contribution in [3.8, 4) is 0 Å². The lowest BCUT2D eigenvalue weighted by Crippen LogP contribution is -2.42. The molecule has 0 radical (unpaired) electrons. The normalized spacial score (nSPS) is 13.0. The SMILES string of the molecule is CCCCCCCCC(CCCS)C(OCCC)(OCCC)c1ccccc1. The van der Waals surface area contributed by atoms with Crippen molar-refractivity contribution in [2.45, 2.75) is 97.2 Å². The van der Waals surface area contributed by atoms with Crippen molar-refractivity contribution in [2.75, 3.05) is 19.0 Å². The first-order valence-electron chi connectivity index (χ1n) is 11.7. The topological polar surface area (TPSA) is 18.5 Å². The summed E-state index contributed by atoms with van der Waals surface area (Å²) in [6.45, 7) is 8.08. The lowest BCUT2D eigenvalue weighted by atomic mass is 9.83. The van der Waals surface area contributed by atoms with Crippen LogP contribution in [0.4, 0.5) is 0 Å². The summed E-state index contributed by atoms with van der Waals surface area (Å²) >= 11 is 4.49. The van der Waals surface area contributed by atoms with Gasteiger partial charge in [0.15, 0.2) is 5.79 Å². The Morgan fingerprint density at radius 3 is 1.89 bits per heavy atom. The zero-order valence-electron chi connectivity index (χ0n) is 18.6. The molecule has 0 saturated carbocycles. The Kier molecular flexibility index (Phi) is 14.9. The highest BCUT2D eigenvalue weighted by Crippen LogP contribution is 2.41. The minimum atomic E-state index is -0.625. The monoisotopic (exact) mass is 408 g/mol. The zero-order chi connectivity index (χ0) is 20.5. The van der Waals surface area contributed by atoms with Crippen LogP contribution in [0.5, 0.6) is 0 Å². The lowest BCUT2D eigenvalue weighted by Gasteiger charge is -2.41. The van der Waals surface area contributed by atoms with Crippen molar-refractivity contribution in [3.05, 3.63) is 35.9 Å². The van der Waals surface area contributed by atoms with Crippen LogP contribution >= 0.6 is 12.6 Å². The van der Waals surface area contributed by atoms with Gasteiger partial charge in [0.2, 0.25) is 0 Å². The minimum absolute atomic E-state index is 0.367. The molecule has 0 aliphatic rings. The summed E-state index contributed by atoms with van der Waals surface area (Å²) in [5.74, 6) is 0.658. The first-order chi connectivity index (χ1) is 13.7. The highest BCUT2D eigenvalue weighted by molar-refractivity contribution is 7.80. The highest BCUT2D eigenvalue weighted by Gasteiger charge is 2.42. The van der Waals surface area contributed by atoms with Gasteiger partial charge in [-0.1, -0.05) is 89.6 Å². The van der Waals surface area contributed by atoms with Gasteiger partial charge in [0, 0.05) is 11.5 Å². The third-order valence-electron chi connectivity index (χ3n) is 5.37. The maximum absolute atomic E-state index is 6.57. The number of unbranched alkanes of at least 4 members (excludes halogenated alkanes) is 5. The third kappa shape index (κ3) is 8.88. The minimum Gasteiger partial charge on any atom is -0.346 e. The van der Waals surface area contributed by atoms with Crippen LogP contribution in [0.15, 0.2) is 30.3 Å². The fourth-order valence-electron chi connectivity index (χ4n) is 3.89. The van der Waals surface area contributed by atoms with Crippen molar-refractivity contribution in [1.29, 1.82) is 0 Å². The van der Waals surface area contributed by atoms with Gasteiger partial charge in [0.25, 0.3) is 0 Å². The van der Waals surface area contributed by atoms with E-state index in [1.807, 2.05) is 0 Å². The Morgan fingerprint density at radius 1 is 0.750 bits per heavy atom. The van der Waals surface area contributed by atoms with Crippen LogP contribution in [0.1, 0.15) is 97.0 Å². The van der Waals surface area contributed by atoms with E-state index < -0.39 is 5.79 Å².